The highest BCUT2D eigenvalue weighted by atomic mass is 79.9. The molecule has 1 aliphatic carbocycles. The minimum absolute atomic E-state index is 0.332. The van der Waals surface area contributed by atoms with E-state index in [4.69, 9.17) is 0 Å². The molecule has 0 bridgehead atoms. The van der Waals surface area contributed by atoms with Gasteiger partial charge >= 0.3 is 5.69 Å². The van der Waals surface area contributed by atoms with Crippen LogP contribution in [0.1, 0.15) is 28.8 Å². The highest BCUT2D eigenvalue weighted by Crippen LogP contribution is 2.32. The summed E-state index contributed by atoms with van der Waals surface area (Å²) in [6.07, 6.45) is 5.62. The zero-order valence-electron chi connectivity index (χ0n) is 12.7. The quantitative estimate of drug-likeness (QED) is 0.667. The Morgan fingerprint density at radius 1 is 1.17 bits per heavy atom. The standard InChI is InChI=1S/C17H14BrN3O2S/c18-11-7-5-10(6-8-11)9-19-21-16(22)14-12-3-1-2-4-13(12)24-15(14)20-17(21)23/h5-9H,1-4H2,(H,20,23)/b19-9+. The number of fused-ring (bicyclic) bond motifs is 3. The predicted molar refractivity (Wildman–Crippen MR) is 100 cm³/mol. The lowest BCUT2D eigenvalue weighted by Crippen LogP contribution is -2.32. The number of aromatic nitrogens is 2. The third-order valence-electron chi connectivity index (χ3n) is 4.18. The molecule has 0 radical (unpaired) electrons. The van der Waals surface area contributed by atoms with Crippen LogP contribution in [0.5, 0.6) is 0 Å². The molecule has 3 aromatic rings. The summed E-state index contributed by atoms with van der Waals surface area (Å²) in [4.78, 5) is 29.7. The van der Waals surface area contributed by atoms with Gasteiger partial charge in [0, 0.05) is 9.35 Å². The fourth-order valence-electron chi connectivity index (χ4n) is 3.01. The normalized spacial score (nSPS) is 14.4. The summed E-state index contributed by atoms with van der Waals surface area (Å²) >= 11 is 4.90. The predicted octanol–water partition coefficient (Wildman–Crippen LogP) is 3.27. The van der Waals surface area contributed by atoms with Crippen molar-refractivity contribution in [1.29, 1.82) is 0 Å². The molecule has 5 nitrogen and oxygen atoms in total. The van der Waals surface area contributed by atoms with Gasteiger partial charge in [0.2, 0.25) is 0 Å². The maximum atomic E-state index is 12.8. The Kier molecular flexibility index (Phi) is 3.97. The molecule has 1 aromatic carbocycles. The van der Waals surface area contributed by atoms with Gasteiger partial charge in [-0.1, -0.05) is 28.1 Å². The minimum Gasteiger partial charge on any atom is -0.297 e. The number of nitrogens with zero attached hydrogens (tertiary/aromatic N) is 2. The van der Waals surface area contributed by atoms with Gasteiger partial charge in [-0.3, -0.25) is 9.78 Å². The lowest BCUT2D eigenvalue weighted by Gasteiger charge is -2.09. The van der Waals surface area contributed by atoms with Crippen molar-refractivity contribution < 1.29 is 0 Å². The van der Waals surface area contributed by atoms with Crippen molar-refractivity contribution in [2.24, 2.45) is 5.10 Å². The van der Waals surface area contributed by atoms with Crippen molar-refractivity contribution in [3.63, 3.8) is 0 Å². The second kappa shape index (κ2) is 6.14. The number of aromatic amines is 1. The Labute approximate surface area is 149 Å². The van der Waals surface area contributed by atoms with Gasteiger partial charge < -0.3 is 0 Å². The third kappa shape index (κ3) is 2.67. The number of H-pyrrole nitrogens is 1. The zero-order chi connectivity index (χ0) is 16.7. The van der Waals surface area contributed by atoms with Crippen molar-refractivity contribution in [2.45, 2.75) is 25.7 Å². The molecule has 0 amide bonds. The molecule has 0 aliphatic heterocycles. The second-order valence-electron chi connectivity index (χ2n) is 5.76. The Morgan fingerprint density at radius 2 is 1.92 bits per heavy atom. The molecule has 2 aromatic heterocycles. The topological polar surface area (TPSA) is 67.2 Å². The van der Waals surface area contributed by atoms with E-state index in [1.54, 1.807) is 0 Å². The summed E-state index contributed by atoms with van der Waals surface area (Å²) < 4.78 is 1.88. The smallest absolute Gasteiger partial charge is 0.297 e. The number of halogens is 1. The van der Waals surface area contributed by atoms with E-state index in [9.17, 15) is 9.59 Å². The Morgan fingerprint density at radius 3 is 2.71 bits per heavy atom. The van der Waals surface area contributed by atoms with E-state index >= 15 is 0 Å². The number of benzene rings is 1. The molecule has 7 heteroatoms. The van der Waals surface area contributed by atoms with Crippen LogP contribution in [0.3, 0.4) is 0 Å². The summed E-state index contributed by atoms with van der Waals surface area (Å²) in [5.74, 6) is 0. The monoisotopic (exact) mass is 403 g/mol. The van der Waals surface area contributed by atoms with E-state index < -0.39 is 5.69 Å². The molecule has 1 N–H and O–H groups in total. The Hall–Kier alpha value is -1.99. The molecule has 122 valence electrons. The molecule has 2 heterocycles. The molecule has 0 unspecified atom stereocenters. The van der Waals surface area contributed by atoms with Crippen LogP contribution >= 0.6 is 27.3 Å². The van der Waals surface area contributed by atoms with Crippen molar-refractivity contribution in [2.75, 3.05) is 0 Å². The Balaban J connectivity index is 1.85. The van der Waals surface area contributed by atoms with Crippen molar-refractivity contribution in [3.8, 4) is 0 Å². The number of thiophene rings is 1. The van der Waals surface area contributed by atoms with Gasteiger partial charge in [-0.05, 0) is 48.9 Å². The first-order valence-corrected chi connectivity index (χ1v) is 9.34. The highest BCUT2D eigenvalue weighted by molar-refractivity contribution is 9.10. The van der Waals surface area contributed by atoms with E-state index in [1.807, 2.05) is 24.3 Å². The average Bonchev–Trinajstić information content (AvgIpc) is 2.94. The van der Waals surface area contributed by atoms with E-state index in [1.165, 1.54) is 22.4 Å². The second-order valence-corrected chi connectivity index (χ2v) is 7.78. The van der Waals surface area contributed by atoms with Crippen molar-refractivity contribution >= 4 is 43.7 Å². The van der Waals surface area contributed by atoms with Crippen molar-refractivity contribution in [1.82, 2.24) is 9.66 Å². The number of hydrogen-bond acceptors (Lipinski definition) is 4. The average molecular weight is 404 g/mol. The van der Waals surface area contributed by atoms with Crippen LogP contribution < -0.4 is 11.2 Å². The van der Waals surface area contributed by atoms with Crippen molar-refractivity contribution in [3.05, 3.63) is 65.6 Å². The van der Waals surface area contributed by atoms with E-state index in [-0.39, 0.29) is 5.56 Å². The Bertz CT molecular complexity index is 1060. The molecule has 4 rings (SSSR count). The van der Waals surface area contributed by atoms with Crippen LogP contribution in [-0.4, -0.2) is 15.9 Å². The number of nitrogens with one attached hydrogen (secondary N) is 1. The molecule has 1 aliphatic rings. The molecular weight excluding hydrogens is 390 g/mol. The first-order chi connectivity index (χ1) is 11.6. The van der Waals surface area contributed by atoms with Gasteiger partial charge in [-0.25, -0.2) is 4.79 Å². The lowest BCUT2D eigenvalue weighted by atomic mass is 9.97. The van der Waals surface area contributed by atoms with Crippen LogP contribution in [0.15, 0.2) is 43.4 Å². The summed E-state index contributed by atoms with van der Waals surface area (Å²) in [7, 11) is 0. The van der Waals surface area contributed by atoms with Crippen LogP contribution in [0, 0.1) is 0 Å². The van der Waals surface area contributed by atoms with Gasteiger partial charge in [0.25, 0.3) is 5.56 Å². The molecule has 0 saturated carbocycles. The minimum atomic E-state index is -0.501. The molecule has 0 saturated heterocycles. The largest absolute Gasteiger partial charge is 0.350 e. The lowest BCUT2D eigenvalue weighted by molar-refractivity contribution is 0.698. The van der Waals surface area contributed by atoms with Crippen LogP contribution in [-0.2, 0) is 12.8 Å². The third-order valence-corrected chi connectivity index (χ3v) is 5.92. The maximum Gasteiger partial charge on any atom is 0.350 e. The first kappa shape index (κ1) is 15.5. The van der Waals surface area contributed by atoms with Gasteiger partial charge in [0.1, 0.15) is 4.83 Å². The number of hydrogen-bond donors (Lipinski definition) is 1. The number of aryl methyl sites for hydroxylation is 2. The molecule has 0 atom stereocenters. The summed E-state index contributed by atoms with van der Waals surface area (Å²) in [5.41, 5.74) is 1.08. The van der Waals surface area contributed by atoms with E-state index in [0.29, 0.717) is 10.2 Å². The summed E-state index contributed by atoms with van der Waals surface area (Å²) in [6.45, 7) is 0. The van der Waals surface area contributed by atoms with E-state index in [2.05, 4.69) is 26.0 Å². The molecule has 24 heavy (non-hydrogen) atoms. The van der Waals surface area contributed by atoms with Gasteiger partial charge in [0.05, 0.1) is 11.6 Å². The van der Waals surface area contributed by atoms with Gasteiger partial charge in [0.15, 0.2) is 0 Å². The fourth-order valence-corrected chi connectivity index (χ4v) is 4.54. The summed E-state index contributed by atoms with van der Waals surface area (Å²) in [6, 6.07) is 7.48. The first-order valence-electron chi connectivity index (χ1n) is 7.73. The van der Waals surface area contributed by atoms with Crippen LogP contribution in [0.25, 0.3) is 10.2 Å². The molecule has 0 spiro atoms. The highest BCUT2D eigenvalue weighted by Gasteiger charge is 2.20. The number of rotatable bonds is 2. The summed E-state index contributed by atoms with van der Waals surface area (Å²) in [5, 5.41) is 4.74. The van der Waals surface area contributed by atoms with E-state index in [0.717, 1.165) is 46.0 Å². The van der Waals surface area contributed by atoms with Gasteiger partial charge in [-0.2, -0.15) is 5.10 Å². The molecule has 0 fully saturated rings. The zero-order valence-corrected chi connectivity index (χ0v) is 15.1. The fraction of sp³-hybridized carbons (Fsp3) is 0.235. The van der Waals surface area contributed by atoms with Crippen LogP contribution in [0.4, 0.5) is 0 Å². The maximum absolute atomic E-state index is 12.8. The van der Waals surface area contributed by atoms with Crippen LogP contribution in [0.2, 0.25) is 0 Å². The van der Waals surface area contributed by atoms with Gasteiger partial charge in [-0.15, -0.1) is 16.0 Å². The SMILES string of the molecule is O=c1[nH]c2sc3c(c2c(=O)n1/N=C/c1ccc(Br)cc1)CCCC3. The molecular formula is C17H14BrN3O2S.